The van der Waals surface area contributed by atoms with E-state index < -0.39 is 17.7 Å². The van der Waals surface area contributed by atoms with Gasteiger partial charge in [-0.15, -0.1) is 0 Å². The predicted octanol–water partition coefficient (Wildman–Crippen LogP) is 3.10. The highest BCUT2D eigenvalue weighted by molar-refractivity contribution is 6.27. The molecule has 0 atom stereocenters. The lowest BCUT2D eigenvalue weighted by Crippen LogP contribution is -2.45. The van der Waals surface area contributed by atoms with Crippen LogP contribution >= 0.6 is 0 Å². The first-order chi connectivity index (χ1) is 19.1. The van der Waals surface area contributed by atoms with Gasteiger partial charge in [-0.25, -0.2) is 18.4 Å². The molecule has 2 aromatic rings. The molecule has 2 aliphatic rings. The zero-order valence-corrected chi connectivity index (χ0v) is 22.3. The van der Waals surface area contributed by atoms with Gasteiger partial charge in [-0.05, 0) is 56.4 Å². The molecule has 2 aromatic carbocycles. The van der Waals surface area contributed by atoms with Crippen LogP contribution in [-0.4, -0.2) is 90.4 Å². The Kier molecular flexibility index (Phi) is 11.4. The van der Waals surface area contributed by atoms with Gasteiger partial charge in [0.2, 0.25) is 5.91 Å². The summed E-state index contributed by atoms with van der Waals surface area (Å²) >= 11 is 0. The highest BCUT2D eigenvalue weighted by atomic mass is 19.1. The number of amides is 1. The molecule has 0 saturated carbocycles. The van der Waals surface area contributed by atoms with Crippen molar-refractivity contribution in [3.05, 3.63) is 65.7 Å². The van der Waals surface area contributed by atoms with E-state index >= 15 is 0 Å². The Balaban J connectivity index is 0.000000663. The molecule has 4 rings (SSSR count). The number of likely N-dealkylation sites (N-methyl/N-ethyl adjacent to an activating group) is 1. The minimum Gasteiger partial charge on any atom is -0.490 e. The minimum atomic E-state index is -1.82. The summed E-state index contributed by atoms with van der Waals surface area (Å²) in [6.07, 6.45) is 2.93. The molecule has 0 aliphatic carbocycles. The standard InChI is InChI=1S/C26H32F2N2O4.C2H2O4/c1-29(14-2-13-26(32-17-18-33-26)20-3-5-21(27)6-4-20)19-25(31)30-15-11-24(12-16-30)34-23-9-7-22(28)8-10-23;3-1(4)2(5)6/h3-10,24H,2,11-19H2,1H3;(H,3,4)(H,5,6). The van der Waals surface area contributed by atoms with Crippen molar-refractivity contribution < 1.29 is 47.6 Å². The van der Waals surface area contributed by atoms with Crippen molar-refractivity contribution >= 4 is 17.8 Å². The first-order valence-corrected chi connectivity index (χ1v) is 13.0. The molecule has 2 fully saturated rings. The van der Waals surface area contributed by atoms with Gasteiger partial charge in [0.05, 0.1) is 19.8 Å². The number of carbonyl (C=O) groups excluding carboxylic acids is 1. The van der Waals surface area contributed by atoms with Crippen LogP contribution in [0, 0.1) is 11.6 Å². The van der Waals surface area contributed by atoms with Gasteiger partial charge in [-0.1, -0.05) is 12.1 Å². The van der Waals surface area contributed by atoms with Crippen molar-refractivity contribution in [1.29, 1.82) is 0 Å². The second-order valence-corrected chi connectivity index (χ2v) is 9.56. The number of ether oxygens (including phenoxy) is 3. The third-order valence-electron chi connectivity index (χ3n) is 6.58. The first-order valence-electron chi connectivity index (χ1n) is 13.0. The fraction of sp³-hybridized carbons (Fsp3) is 0.464. The normalized spacial score (nSPS) is 16.8. The summed E-state index contributed by atoms with van der Waals surface area (Å²) in [5, 5.41) is 14.8. The van der Waals surface area contributed by atoms with Gasteiger partial charge < -0.3 is 29.3 Å². The lowest BCUT2D eigenvalue weighted by Gasteiger charge is -2.33. The van der Waals surface area contributed by atoms with E-state index in [4.69, 9.17) is 34.0 Å². The van der Waals surface area contributed by atoms with Crippen molar-refractivity contribution in [2.24, 2.45) is 0 Å². The third-order valence-corrected chi connectivity index (χ3v) is 6.58. The number of benzene rings is 2. The highest BCUT2D eigenvalue weighted by Gasteiger charge is 2.38. The molecule has 10 nitrogen and oxygen atoms in total. The molecule has 0 unspecified atom stereocenters. The summed E-state index contributed by atoms with van der Waals surface area (Å²) in [5.74, 6) is -4.31. The van der Waals surface area contributed by atoms with Gasteiger partial charge in [-0.2, -0.15) is 0 Å². The SMILES string of the molecule is CN(CCCC1(c2ccc(F)cc2)OCCO1)CC(=O)N1CCC(Oc2ccc(F)cc2)CC1.O=C(O)C(=O)O. The number of carboxylic acid groups (broad SMARTS) is 2. The summed E-state index contributed by atoms with van der Waals surface area (Å²) < 4.78 is 44.1. The van der Waals surface area contributed by atoms with Gasteiger partial charge in [-0.3, -0.25) is 9.69 Å². The zero-order chi connectivity index (χ0) is 29.1. The Bertz CT molecular complexity index is 1100. The van der Waals surface area contributed by atoms with Crippen LogP contribution in [-0.2, 0) is 29.6 Å². The quantitative estimate of drug-likeness (QED) is 0.442. The molecule has 218 valence electrons. The van der Waals surface area contributed by atoms with Crippen LogP contribution in [0.1, 0.15) is 31.2 Å². The van der Waals surface area contributed by atoms with Crippen molar-refractivity contribution in [2.75, 3.05) is 46.4 Å². The summed E-state index contributed by atoms with van der Waals surface area (Å²) in [6.45, 7) is 3.36. The third kappa shape index (κ3) is 9.25. The number of aliphatic carboxylic acids is 2. The van der Waals surface area contributed by atoms with Crippen LogP contribution in [0.3, 0.4) is 0 Å². The Hall–Kier alpha value is -3.61. The van der Waals surface area contributed by atoms with Gasteiger partial charge in [0.1, 0.15) is 23.5 Å². The molecule has 1 amide bonds. The number of likely N-dealkylation sites (tertiary alicyclic amines) is 1. The van der Waals surface area contributed by atoms with E-state index in [-0.39, 0.29) is 23.6 Å². The van der Waals surface area contributed by atoms with Gasteiger partial charge in [0.25, 0.3) is 0 Å². The average molecular weight is 565 g/mol. The number of rotatable bonds is 9. The molecule has 2 aliphatic heterocycles. The Morgan fingerprint density at radius 3 is 2.00 bits per heavy atom. The van der Waals surface area contributed by atoms with E-state index in [1.807, 2.05) is 16.8 Å². The average Bonchev–Trinajstić information content (AvgIpc) is 3.41. The fourth-order valence-electron chi connectivity index (χ4n) is 4.53. The van der Waals surface area contributed by atoms with Crippen LogP contribution in [0.15, 0.2) is 48.5 Å². The maximum absolute atomic E-state index is 13.3. The molecular weight excluding hydrogens is 530 g/mol. The number of hydrogen-bond acceptors (Lipinski definition) is 7. The minimum absolute atomic E-state index is 0.0290. The van der Waals surface area contributed by atoms with Crippen LogP contribution in [0.4, 0.5) is 8.78 Å². The maximum Gasteiger partial charge on any atom is 0.414 e. The summed E-state index contributed by atoms with van der Waals surface area (Å²) in [5.41, 5.74) is 0.816. The van der Waals surface area contributed by atoms with Gasteiger partial charge in [0.15, 0.2) is 5.79 Å². The van der Waals surface area contributed by atoms with E-state index in [9.17, 15) is 13.6 Å². The molecule has 2 saturated heterocycles. The van der Waals surface area contributed by atoms with Crippen molar-refractivity contribution in [3.8, 4) is 5.75 Å². The Labute approximate surface area is 231 Å². The Morgan fingerprint density at radius 1 is 0.950 bits per heavy atom. The largest absolute Gasteiger partial charge is 0.490 e. The molecule has 0 radical (unpaired) electrons. The zero-order valence-electron chi connectivity index (χ0n) is 22.3. The Morgan fingerprint density at radius 2 is 1.48 bits per heavy atom. The molecular formula is C28H34F2N2O8. The van der Waals surface area contributed by atoms with Crippen LogP contribution in [0.5, 0.6) is 5.75 Å². The number of carboxylic acids is 2. The lowest BCUT2D eigenvalue weighted by atomic mass is 10.0. The molecule has 0 spiro atoms. The number of halogens is 2. The van der Waals surface area contributed by atoms with Crippen molar-refractivity contribution in [1.82, 2.24) is 9.80 Å². The van der Waals surface area contributed by atoms with Gasteiger partial charge >= 0.3 is 11.9 Å². The van der Waals surface area contributed by atoms with Crippen LogP contribution < -0.4 is 4.74 Å². The van der Waals surface area contributed by atoms with Crippen molar-refractivity contribution in [2.45, 2.75) is 37.6 Å². The smallest absolute Gasteiger partial charge is 0.414 e. The topological polar surface area (TPSA) is 126 Å². The van der Waals surface area contributed by atoms with E-state index in [1.54, 1.807) is 24.3 Å². The van der Waals surface area contributed by atoms with E-state index in [2.05, 4.69) is 0 Å². The van der Waals surface area contributed by atoms with Gasteiger partial charge in [0, 0.05) is 37.9 Å². The molecule has 2 heterocycles. The fourth-order valence-corrected chi connectivity index (χ4v) is 4.53. The van der Waals surface area contributed by atoms with Crippen LogP contribution in [0.2, 0.25) is 0 Å². The molecule has 0 aromatic heterocycles. The molecule has 12 heteroatoms. The first kappa shape index (κ1) is 30.9. The second-order valence-electron chi connectivity index (χ2n) is 9.56. The summed E-state index contributed by atoms with van der Waals surface area (Å²) in [7, 11) is 1.93. The van der Waals surface area contributed by atoms with Crippen molar-refractivity contribution in [3.63, 3.8) is 0 Å². The second kappa shape index (κ2) is 14.7. The maximum atomic E-state index is 13.3. The number of piperidine rings is 1. The van der Waals surface area contributed by atoms with E-state index in [1.165, 1.54) is 24.3 Å². The van der Waals surface area contributed by atoms with Crippen LogP contribution in [0.25, 0.3) is 0 Å². The highest BCUT2D eigenvalue weighted by Crippen LogP contribution is 2.36. The number of carbonyl (C=O) groups is 3. The van der Waals surface area contributed by atoms with E-state index in [0.717, 1.165) is 24.8 Å². The lowest BCUT2D eigenvalue weighted by molar-refractivity contribution is -0.172. The predicted molar refractivity (Wildman–Crippen MR) is 139 cm³/mol. The molecule has 40 heavy (non-hydrogen) atoms. The summed E-state index contributed by atoms with van der Waals surface area (Å²) in [6, 6.07) is 12.3. The number of nitrogens with zero attached hydrogens (tertiary/aromatic N) is 2. The molecule has 0 bridgehead atoms. The molecule has 2 N–H and O–H groups in total. The summed E-state index contributed by atoms with van der Waals surface area (Å²) in [4.78, 5) is 34.9. The monoisotopic (exact) mass is 564 g/mol. The number of hydrogen-bond donors (Lipinski definition) is 2. The van der Waals surface area contributed by atoms with E-state index in [0.29, 0.717) is 51.6 Å².